The predicted octanol–water partition coefficient (Wildman–Crippen LogP) is 3.40. The summed E-state index contributed by atoms with van der Waals surface area (Å²) >= 11 is 0. The number of para-hydroxylation sites is 1. The number of carbonyl (C=O) groups is 1. The fraction of sp³-hybridized carbons (Fsp3) is 0.409. The number of ether oxygens (including phenoxy) is 3. The van der Waals surface area contributed by atoms with E-state index < -0.39 is 0 Å². The number of halogens is 1. The molecule has 29 heavy (non-hydrogen) atoms. The molecule has 1 fully saturated rings. The van der Waals surface area contributed by atoms with Crippen molar-refractivity contribution in [1.82, 2.24) is 10.2 Å². The molecule has 6 nitrogen and oxygen atoms in total. The molecule has 7 heteroatoms. The van der Waals surface area contributed by atoms with Crippen molar-refractivity contribution in [3.8, 4) is 17.2 Å². The van der Waals surface area contributed by atoms with E-state index >= 15 is 0 Å². The van der Waals surface area contributed by atoms with Crippen molar-refractivity contribution >= 4 is 18.3 Å². The molecule has 1 saturated heterocycles. The smallest absolute Gasteiger partial charge is 0.254 e. The number of carbonyl (C=O) groups excluding carboxylic acids is 1. The van der Waals surface area contributed by atoms with Crippen molar-refractivity contribution in [3.63, 3.8) is 0 Å². The third kappa shape index (κ3) is 6.54. The molecule has 1 unspecified atom stereocenters. The molecule has 0 spiro atoms. The van der Waals surface area contributed by atoms with Crippen molar-refractivity contribution < 1.29 is 19.0 Å². The highest BCUT2D eigenvalue weighted by molar-refractivity contribution is 5.95. The maximum atomic E-state index is 12.8. The summed E-state index contributed by atoms with van der Waals surface area (Å²) < 4.78 is 17.2. The molecule has 0 aliphatic carbocycles. The minimum atomic E-state index is 0. The van der Waals surface area contributed by atoms with E-state index in [2.05, 4.69) is 12.2 Å². The highest BCUT2D eigenvalue weighted by atomic mass is 35.5. The lowest BCUT2D eigenvalue weighted by molar-refractivity contribution is 0.0708. The number of rotatable bonds is 8. The summed E-state index contributed by atoms with van der Waals surface area (Å²) in [6, 6.07) is 15.3. The first-order valence-electron chi connectivity index (χ1n) is 9.77. The van der Waals surface area contributed by atoms with Crippen molar-refractivity contribution in [3.05, 3.63) is 54.1 Å². The Bertz CT molecular complexity index is 773. The third-order valence-electron chi connectivity index (χ3n) is 4.50. The molecule has 3 rings (SSSR count). The molecule has 1 N–H and O–H groups in total. The van der Waals surface area contributed by atoms with Gasteiger partial charge in [0.2, 0.25) is 0 Å². The molecule has 158 valence electrons. The Morgan fingerprint density at radius 3 is 2.55 bits per heavy atom. The summed E-state index contributed by atoms with van der Waals surface area (Å²) in [5.74, 6) is 2.02. The van der Waals surface area contributed by atoms with Gasteiger partial charge in [-0.1, -0.05) is 18.2 Å². The summed E-state index contributed by atoms with van der Waals surface area (Å²) in [7, 11) is 0. The summed E-state index contributed by atoms with van der Waals surface area (Å²) in [5, 5.41) is 3.35. The second-order valence-electron chi connectivity index (χ2n) is 6.71. The van der Waals surface area contributed by atoms with Crippen LogP contribution in [0.25, 0.3) is 0 Å². The number of nitrogens with zero attached hydrogens (tertiary/aromatic N) is 1. The van der Waals surface area contributed by atoms with Crippen LogP contribution < -0.4 is 19.5 Å². The summed E-state index contributed by atoms with van der Waals surface area (Å²) in [6.45, 7) is 7.54. The van der Waals surface area contributed by atoms with Gasteiger partial charge in [0.25, 0.3) is 5.91 Å². The molecule has 0 aromatic heterocycles. The van der Waals surface area contributed by atoms with Gasteiger partial charge in [-0.3, -0.25) is 4.79 Å². The van der Waals surface area contributed by atoms with E-state index in [1.54, 1.807) is 18.2 Å². The summed E-state index contributed by atoms with van der Waals surface area (Å²) in [4.78, 5) is 14.7. The lowest BCUT2D eigenvalue weighted by atomic mass is 10.1. The van der Waals surface area contributed by atoms with Crippen LogP contribution in [0.1, 0.15) is 24.2 Å². The standard InChI is InChI=1S/C22H28N2O4.ClH/c1-3-26-21-15-18(22(25)24-12-11-23-17(2)16-24)9-10-20(21)28-14-13-27-19-7-5-4-6-8-19;/h4-10,15,17,23H,3,11-14,16H2,1-2H3;1H. The van der Waals surface area contributed by atoms with Crippen molar-refractivity contribution in [2.24, 2.45) is 0 Å². The fourth-order valence-electron chi connectivity index (χ4n) is 3.16. The number of nitrogens with one attached hydrogen (secondary N) is 1. The van der Waals surface area contributed by atoms with Gasteiger partial charge in [0.15, 0.2) is 11.5 Å². The van der Waals surface area contributed by atoms with Crippen LogP contribution in [0.2, 0.25) is 0 Å². The first-order valence-corrected chi connectivity index (χ1v) is 9.77. The van der Waals surface area contributed by atoms with Crippen LogP contribution in [0.3, 0.4) is 0 Å². The molecule has 1 aliphatic rings. The number of amides is 1. The van der Waals surface area contributed by atoms with E-state index in [9.17, 15) is 4.79 Å². The average Bonchev–Trinajstić information content (AvgIpc) is 2.72. The highest BCUT2D eigenvalue weighted by Crippen LogP contribution is 2.29. The summed E-state index contributed by atoms with van der Waals surface area (Å²) in [5.41, 5.74) is 0.616. The van der Waals surface area contributed by atoms with Crippen molar-refractivity contribution in [2.45, 2.75) is 19.9 Å². The van der Waals surface area contributed by atoms with Gasteiger partial charge in [0.1, 0.15) is 19.0 Å². The fourth-order valence-corrected chi connectivity index (χ4v) is 3.16. The number of benzene rings is 2. The zero-order chi connectivity index (χ0) is 19.8. The lowest BCUT2D eigenvalue weighted by Crippen LogP contribution is -2.51. The second kappa shape index (κ2) is 11.5. The molecule has 0 radical (unpaired) electrons. The van der Waals surface area contributed by atoms with Crippen LogP contribution in [0, 0.1) is 0 Å². The second-order valence-corrected chi connectivity index (χ2v) is 6.71. The van der Waals surface area contributed by atoms with Crippen molar-refractivity contribution in [2.75, 3.05) is 39.5 Å². The first-order chi connectivity index (χ1) is 13.7. The molecule has 1 heterocycles. The molecule has 2 aromatic rings. The number of piperazine rings is 1. The quantitative estimate of drug-likeness (QED) is 0.663. The molecule has 0 bridgehead atoms. The Hall–Kier alpha value is -2.44. The lowest BCUT2D eigenvalue weighted by Gasteiger charge is -2.32. The third-order valence-corrected chi connectivity index (χ3v) is 4.50. The largest absolute Gasteiger partial charge is 0.490 e. The van der Waals surface area contributed by atoms with Gasteiger partial charge in [-0.05, 0) is 44.2 Å². The van der Waals surface area contributed by atoms with E-state index in [-0.39, 0.29) is 18.3 Å². The average molecular weight is 421 g/mol. The molecule has 1 aliphatic heterocycles. The van der Waals surface area contributed by atoms with Crippen LogP contribution in [0.4, 0.5) is 0 Å². The minimum Gasteiger partial charge on any atom is -0.490 e. The van der Waals surface area contributed by atoms with Crippen LogP contribution in [-0.2, 0) is 0 Å². The number of hydrogen-bond donors (Lipinski definition) is 1. The normalized spacial score (nSPS) is 15.9. The molecule has 1 atom stereocenters. The SMILES string of the molecule is CCOc1cc(C(=O)N2CCNC(C)C2)ccc1OCCOc1ccccc1.Cl. The van der Waals surface area contributed by atoms with Gasteiger partial charge in [0.05, 0.1) is 6.61 Å². The van der Waals surface area contributed by atoms with Gasteiger partial charge in [-0.25, -0.2) is 0 Å². The van der Waals surface area contributed by atoms with Crippen molar-refractivity contribution in [1.29, 1.82) is 0 Å². The van der Waals surface area contributed by atoms with E-state index in [1.807, 2.05) is 42.2 Å². The number of hydrogen-bond acceptors (Lipinski definition) is 5. The van der Waals surface area contributed by atoms with Gasteiger partial charge in [-0.2, -0.15) is 0 Å². The highest BCUT2D eigenvalue weighted by Gasteiger charge is 2.22. The maximum absolute atomic E-state index is 12.8. The predicted molar refractivity (Wildman–Crippen MR) is 116 cm³/mol. The first kappa shape index (κ1) is 22.8. The van der Waals surface area contributed by atoms with E-state index in [0.29, 0.717) is 56.0 Å². The summed E-state index contributed by atoms with van der Waals surface area (Å²) in [6.07, 6.45) is 0. The molecule has 0 saturated carbocycles. The van der Waals surface area contributed by atoms with E-state index in [4.69, 9.17) is 14.2 Å². The maximum Gasteiger partial charge on any atom is 0.254 e. The zero-order valence-corrected chi connectivity index (χ0v) is 17.7. The van der Waals surface area contributed by atoms with Gasteiger partial charge in [0, 0.05) is 31.2 Å². The van der Waals surface area contributed by atoms with Gasteiger partial charge < -0.3 is 24.4 Å². The van der Waals surface area contributed by atoms with Gasteiger partial charge in [-0.15, -0.1) is 12.4 Å². The van der Waals surface area contributed by atoms with E-state index in [0.717, 1.165) is 12.3 Å². The van der Waals surface area contributed by atoms with Gasteiger partial charge >= 0.3 is 0 Å². The van der Waals surface area contributed by atoms with Crippen LogP contribution >= 0.6 is 12.4 Å². The monoisotopic (exact) mass is 420 g/mol. The van der Waals surface area contributed by atoms with Crippen LogP contribution in [0.15, 0.2) is 48.5 Å². The Morgan fingerprint density at radius 2 is 1.83 bits per heavy atom. The molecule has 1 amide bonds. The minimum absolute atomic E-state index is 0. The Morgan fingerprint density at radius 1 is 1.07 bits per heavy atom. The molecular formula is C22H29ClN2O4. The Labute approximate surface area is 178 Å². The zero-order valence-electron chi connectivity index (χ0n) is 16.9. The van der Waals surface area contributed by atoms with E-state index in [1.165, 1.54) is 0 Å². The molecule has 2 aromatic carbocycles. The Kier molecular flexibility index (Phi) is 9.09. The van der Waals surface area contributed by atoms with Crippen LogP contribution in [-0.4, -0.2) is 56.3 Å². The Balaban J connectivity index is 0.00000300. The topological polar surface area (TPSA) is 60.0 Å². The molecular weight excluding hydrogens is 392 g/mol. The van der Waals surface area contributed by atoms with Crippen LogP contribution in [0.5, 0.6) is 17.2 Å².